The minimum Gasteiger partial charge on any atom is -0.854 e. The van der Waals surface area contributed by atoms with Crippen LogP contribution in [0, 0.1) is 6.92 Å². The van der Waals surface area contributed by atoms with Crippen LogP contribution >= 0.6 is 0 Å². The zero-order valence-corrected chi connectivity index (χ0v) is 18.8. The average molecular weight is 427 g/mol. The fraction of sp³-hybridized carbons (Fsp3) is 0.185. The molecule has 162 valence electrons. The number of hydrogen-bond donors (Lipinski definition) is 0. The van der Waals surface area contributed by atoms with E-state index in [-0.39, 0.29) is 5.90 Å². The Balaban J connectivity index is 2.08. The summed E-state index contributed by atoms with van der Waals surface area (Å²) in [5.74, 6) is 0.969. The summed E-state index contributed by atoms with van der Waals surface area (Å²) in [5, 5.41) is 19.8. The Kier molecular flexibility index (Phi) is 6.08. The van der Waals surface area contributed by atoms with Crippen molar-refractivity contribution >= 4 is 16.7 Å². The second kappa shape index (κ2) is 9.10. The summed E-state index contributed by atoms with van der Waals surface area (Å²) in [7, 11) is 3.23. The SMILES string of the molecule is CCc1c(C)[n+](/N=C(\[O-])c2ccccc2)c(-c2ccc(OC)c(OC)c2)c2ccccc12. The van der Waals surface area contributed by atoms with Gasteiger partial charge in [-0.25, -0.2) is 0 Å². The quantitative estimate of drug-likeness (QED) is 0.263. The van der Waals surface area contributed by atoms with Gasteiger partial charge in [-0.2, -0.15) is 0 Å². The summed E-state index contributed by atoms with van der Waals surface area (Å²) in [6.45, 7) is 4.13. The third-order valence-corrected chi connectivity index (χ3v) is 5.70. The van der Waals surface area contributed by atoms with Crippen LogP contribution in [-0.4, -0.2) is 20.1 Å². The molecule has 4 aromatic rings. The highest BCUT2D eigenvalue weighted by molar-refractivity contribution is 5.96. The molecule has 3 aromatic carbocycles. The van der Waals surface area contributed by atoms with Crippen LogP contribution in [0.3, 0.4) is 0 Å². The summed E-state index contributed by atoms with van der Waals surface area (Å²) < 4.78 is 12.7. The number of rotatable bonds is 6. The second-order valence-corrected chi connectivity index (χ2v) is 7.46. The molecule has 32 heavy (non-hydrogen) atoms. The predicted molar refractivity (Wildman–Crippen MR) is 125 cm³/mol. The van der Waals surface area contributed by atoms with Gasteiger partial charge in [0.05, 0.1) is 31.1 Å². The largest absolute Gasteiger partial charge is 0.854 e. The number of benzene rings is 3. The molecule has 0 saturated carbocycles. The van der Waals surface area contributed by atoms with Gasteiger partial charge in [0, 0.05) is 12.5 Å². The first-order valence-corrected chi connectivity index (χ1v) is 10.6. The molecular formula is C27H26N2O3. The zero-order valence-electron chi connectivity index (χ0n) is 18.8. The van der Waals surface area contributed by atoms with Crippen LogP contribution in [0.4, 0.5) is 0 Å². The summed E-state index contributed by atoms with van der Waals surface area (Å²) in [4.78, 5) is 0. The molecule has 0 bridgehead atoms. The fourth-order valence-electron chi connectivity index (χ4n) is 4.12. The topological polar surface area (TPSA) is 57.8 Å². The molecule has 1 heterocycles. The first-order chi connectivity index (χ1) is 15.6. The van der Waals surface area contributed by atoms with Crippen LogP contribution in [0.2, 0.25) is 0 Å². The van der Waals surface area contributed by atoms with Crippen LogP contribution in [0.25, 0.3) is 22.0 Å². The minimum atomic E-state index is -0.294. The molecule has 0 fully saturated rings. The van der Waals surface area contributed by atoms with E-state index in [1.165, 1.54) is 0 Å². The van der Waals surface area contributed by atoms with Crippen molar-refractivity contribution in [2.24, 2.45) is 5.10 Å². The maximum atomic E-state index is 13.1. The molecule has 5 heteroatoms. The highest BCUT2D eigenvalue weighted by Gasteiger charge is 2.26. The van der Waals surface area contributed by atoms with Crippen molar-refractivity contribution in [3.63, 3.8) is 0 Å². The van der Waals surface area contributed by atoms with Gasteiger partial charge in [-0.3, -0.25) is 0 Å². The number of methoxy groups -OCH3 is 2. The van der Waals surface area contributed by atoms with Crippen LogP contribution in [0.5, 0.6) is 11.5 Å². The number of aromatic nitrogens is 1. The van der Waals surface area contributed by atoms with Crippen molar-refractivity contribution in [2.75, 3.05) is 14.2 Å². The van der Waals surface area contributed by atoms with E-state index in [1.807, 2.05) is 55.5 Å². The van der Waals surface area contributed by atoms with Gasteiger partial charge >= 0.3 is 0 Å². The lowest BCUT2D eigenvalue weighted by Crippen LogP contribution is -2.40. The van der Waals surface area contributed by atoms with Gasteiger partial charge < -0.3 is 14.6 Å². The summed E-state index contributed by atoms with van der Waals surface area (Å²) in [5.41, 5.74) is 4.35. The first kappa shape index (κ1) is 21.4. The summed E-state index contributed by atoms with van der Waals surface area (Å²) in [6, 6.07) is 23.1. The molecule has 0 N–H and O–H groups in total. The molecule has 0 aliphatic rings. The van der Waals surface area contributed by atoms with Gasteiger partial charge in [-0.05, 0) is 51.4 Å². The van der Waals surface area contributed by atoms with E-state index in [1.54, 1.807) is 31.0 Å². The van der Waals surface area contributed by atoms with Crippen molar-refractivity contribution < 1.29 is 19.3 Å². The molecule has 0 unspecified atom stereocenters. The first-order valence-electron chi connectivity index (χ1n) is 10.6. The standard InChI is InChI=1S/C27H26N2O3/c1-5-21-18(2)29(28-27(30)19-11-7-6-8-12-19)26(23-14-10-9-13-22(21)23)20-15-16-24(31-3)25(17-20)32-4/h6-17H,5H2,1-4H3. The highest BCUT2D eigenvalue weighted by atomic mass is 16.5. The third kappa shape index (κ3) is 3.78. The molecule has 0 atom stereocenters. The van der Waals surface area contributed by atoms with Crippen molar-refractivity contribution in [3.05, 3.63) is 89.6 Å². The zero-order chi connectivity index (χ0) is 22.7. The monoisotopic (exact) mass is 426 g/mol. The normalized spacial score (nSPS) is 11.6. The Labute approximate surface area is 188 Å². The smallest absolute Gasteiger partial charge is 0.253 e. The van der Waals surface area contributed by atoms with Gasteiger partial charge in [0.2, 0.25) is 5.69 Å². The van der Waals surface area contributed by atoms with E-state index < -0.39 is 0 Å². The Morgan fingerprint density at radius 3 is 2.19 bits per heavy atom. The highest BCUT2D eigenvalue weighted by Crippen LogP contribution is 2.35. The van der Waals surface area contributed by atoms with Crippen LogP contribution < -0.4 is 19.3 Å². The Hall–Kier alpha value is -3.86. The number of fused-ring (bicyclic) bond motifs is 1. The van der Waals surface area contributed by atoms with Crippen molar-refractivity contribution in [2.45, 2.75) is 20.3 Å². The molecule has 0 amide bonds. The third-order valence-electron chi connectivity index (χ3n) is 5.70. The van der Waals surface area contributed by atoms with Crippen molar-refractivity contribution in [1.29, 1.82) is 0 Å². The predicted octanol–water partition coefficient (Wildman–Crippen LogP) is 4.25. The molecule has 0 saturated heterocycles. The van der Waals surface area contributed by atoms with Gasteiger partial charge in [0.15, 0.2) is 11.5 Å². The maximum absolute atomic E-state index is 13.1. The molecule has 1 aromatic heterocycles. The van der Waals surface area contributed by atoms with Crippen LogP contribution in [-0.2, 0) is 6.42 Å². The minimum absolute atomic E-state index is 0.294. The van der Waals surface area contributed by atoms with Crippen LogP contribution in [0.15, 0.2) is 77.9 Å². The summed E-state index contributed by atoms with van der Waals surface area (Å²) >= 11 is 0. The Bertz CT molecular complexity index is 1300. The summed E-state index contributed by atoms with van der Waals surface area (Å²) in [6.07, 6.45) is 0.827. The van der Waals surface area contributed by atoms with E-state index in [4.69, 9.17) is 9.47 Å². The molecule has 0 radical (unpaired) electrons. The van der Waals surface area contributed by atoms with Gasteiger partial charge in [-0.15, -0.1) is 0 Å². The van der Waals surface area contributed by atoms with E-state index in [9.17, 15) is 5.11 Å². The average Bonchev–Trinajstić information content (AvgIpc) is 2.84. The molecule has 0 aliphatic heterocycles. The van der Waals surface area contributed by atoms with Gasteiger partial charge in [-0.1, -0.05) is 55.5 Å². The molecule has 4 rings (SSSR count). The van der Waals surface area contributed by atoms with E-state index in [0.29, 0.717) is 17.1 Å². The number of hydrogen-bond acceptors (Lipinski definition) is 4. The Morgan fingerprint density at radius 2 is 1.53 bits per heavy atom. The number of nitrogens with zero attached hydrogens (tertiary/aromatic N) is 2. The van der Waals surface area contributed by atoms with Crippen molar-refractivity contribution in [1.82, 2.24) is 0 Å². The Morgan fingerprint density at radius 1 is 0.875 bits per heavy atom. The lowest BCUT2D eigenvalue weighted by Gasteiger charge is -2.14. The molecule has 0 spiro atoms. The second-order valence-electron chi connectivity index (χ2n) is 7.46. The van der Waals surface area contributed by atoms with Gasteiger partial charge in [0.1, 0.15) is 0 Å². The van der Waals surface area contributed by atoms with E-state index >= 15 is 0 Å². The number of pyridine rings is 1. The maximum Gasteiger partial charge on any atom is 0.253 e. The lowest BCUT2D eigenvalue weighted by molar-refractivity contribution is -0.675. The number of ether oxygens (including phenoxy) is 2. The number of aryl methyl sites for hydroxylation is 1. The van der Waals surface area contributed by atoms with Crippen molar-refractivity contribution in [3.8, 4) is 22.8 Å². The fourth-order valence-corrected chi connectivity index (χ4v) is 4.12. The molecular weight excluding hydrogens is 400 g/mol. The molecule has 0 aliphatic carbocycles. The van der Waals surface area contributed by atoms with E-state index in [2.05, 4.69) is 24.2 Å². The van der Waals surface area contributed by atoms with Crippen LogP contribution in [0.1, 0.15) is 23.7 Å². The lowest BCUT2D eigenvalue weighted by atomic mass is 9.97. The van der Waals surface area contributed by atoms with Gasteiger partial charge in [0.25, 0.3) is 5.69 Å². The van der Waals surface area contributed by atoms with E-state index in [0.717, 1.165) is 39.7 Å². The molecule has 5 nitrogen and oxygen atoms in total.